The van der Waals surface area contributed by atoms with Crippen molar-refractivity contribution in [1.29, 1.82) is 0 Å². The lowest BCUT2D eigenvalue weighted by atomic mass is 10.0. The summed E-state index contributed by atoms with van der Waals surface area (Å²) in [4.78, 5) is 145. The van der Waals surface area contributed by atoms with Gasteiger partial charge in [0, 0.05) is 105 Å². The van der Waals surface area contributed by atoms with Crippen LogP contribution in [0.1, 0.15) is 155 Å². The quantitative estimate of drug-likeness (QED) is 0.0570. The first-order valence-corrected chi connectivity index (χ1v) is 44.9. The number of fused-ring (bicyclic) bond motifs is 3. The Bertz CT molecular complexity index is 6600. The highest BCUT2D eigenvalue weighted by atomic mass is 79.9. The van der Waals surface area contributed by atoms with Gasteiger partial charge in [0.05, 0.1) is 98.9 Å². The van der Waals surface area contributed by atoms with Crippen LogP contribution in [-0.2, 0) is 20.9 Å². The molecule has 0 radical (unpaired) electrons. The van der Waals surface area contributed by atoms with Gasteiger partial charge in [-0.1, -0.05) is 164 Å². The number of benzene rings is 3. The fourth-order valence-electron chi connectivity index (χ4n) is 16.9. The van der Waals surface area contributed by atoms with Crippen molar-refractivity contribution in [3.63, 3.8) is 0 Å². The Labute approximate surface area is 775 Å². The van der Waals surface area contributed by atoms with Gasteiger partial charge in [0.25, 0.3) is 0 Å². The number of halogens is 7. The number of rotatable bonds is 18. The lowest BCUT2D eigenvalue weighted by Gasteiger charge is -2.44. The van der Waals surface area contributed by atoms with Crippen LogP contribution >= 0.6 is 62.3 Å². The summed E-state index contributed by atoms with van der Waals surface area (Å²) in [6.07, 6.45) is 7.18. The molecule has 3 aliphatic rings. The maximum Gasteiger partial charge on any atom is 0.355 e. The van der Waals surface area contributed by atoms with E-state index in [4.69, 9.17) is 61.4 Å². The SMILES string of the molecule is C=CC(=O)N1CC(C)N(c2nc(=O)n(-c3c(C(C)C)nc(Br)nc3C(C)C)c3nc(-c4ccccc4F)c(Cl)cc23)CC1C.C=CC(=O)N1CC(C)N(c2nc(=O)n(-c3c(C)ccnc3C(C)C)c3nc(-c4ccccc4Cl)c(Cl)cc23)CC1C.C=CC(=O)N1CC(C)N(c2nc(=O)n(-c3c(CN(C)C)ncnc3C(C)C)c3nc(-c4ccccc4F)c(Cl)cc23)CC1C. The van der Waals surface area contributed by atoms with E-state index in [1.807, 2.05) is 157 Å². The summed E-state index contributed by atoms with van der Waals surface area (Å²) >= 11 is 30.6. The van der Waals surface area contributed by atoms with Crippen LogP contribution in [0.5, 0.6) is 0 Å². The minimum absolute atomic E-state index is 0.0400. The van der Waals surface area contributed by atoms with Gasteiger partial charge in [-0.25, -0.2) is 71.8 Å². The van der Waals surface area contributed by atoms with Crippen molar-refractivity contribution in [2.75, 3.05) is 68.1 Å². The zero-order valence-corrected chi connectivity index (χ0v) is 79.6. The minimum Gasteiger partial charge on any atom is -0.349 e. The lowest BCUT2D eigenvalue weighted by Crippen LogP contribution is -2.58. The minimum atomic E-state index is -0.582. The van der Waals surface area contributed by atoms with E-state index in [0.29, 0.717) is 151 Å². The monoisotopic (exact) mass is 1890 g/mol. The van der Waals surface area contributed by atoms with Gasteiger partial charge >= 0.3 is 17.1 Å². The van der Waals surface area contributed by atoms with E-state index in [1.54, 1.807) is 86.1 Å². The van der Waals surface area contributed by atoms with Crippen LogP contribution in [-0.4, -0.2) is 195 Å². The first-order valence-electron chi connectivity index (χ1n) is 42.5. The van der Waals surface area contributed by atoms with Crippen molar-refractivity contribution >= 4 is 131 Å². The number of aryl methyl sites for hydroxylation is 1. The number of aromatic nitrogens is 14. The van der Waals surface area contributed by atoms with E-state index < -0.39 is 28.7 Å². The van der Waals surface area contributed by atoms with Gasteiger partial charge in [0.15, 0.2) is 21.7 Å². The third-order valence-electron chi connectivity index (χ3n) is 23.3. The van der Waals surface area contributed by atoms with E-state index in [2.05, 4.69) is 80.4 Å². The predicted molar refractivity (Wildman–Crippen MR) is 511 cm³/mol. The second kappa shape index (κ2) is 39.3. The Balaban J connectivity index is 0.000000165. The van der Waals surface area contributed by atoms with Gasteiger partial charge in [0.2, 0.25) is 17.7 Å². The molecule has 0 spiro atoms. The molecule has 27 nitrogen and oxygen atoms in total. The zero-order valence-electron chi connectivity index (χ0n) is 75.0. The molecule has 0 saturated carbocycles. The summed E-state index contributed by atoms with van der Waals surface area (Å²) in [6, 6.07) is 25.8. The molecular weight excluding hydrogens is 1790 g/mol. The van der Waals surface area contributed by atoms with Gasteiger partial charge in [-0.2, -0.15) is 15.0 Å². The number of hydrogen-bond donors (Lipinski definition) is 0. The number of nitrogens with zero attached hydrogens (tertiary/aromatic N) is 21. The molecule has 672 valence electrons. The third-order valence-corrected chi connectivity index (χ3v) is 24.8. The normalized spacial score (nSPS) is 17.2. The second-order valence-corrected chi connectivity index (χ2v) is 36.5. The third kappa shape index (κ3) is 18.9. The summed E-state index contributed by atoms with van der Waals surface area (Å²) in [5, 5.41) is 2.92. The first kappa shape index (κ1) is 94.9. The van der Waals surface area contributed by atoms with E-state index in [-0.39, 0.29) is 121 Å². The molecule has 12 aromatic rings. The predicted octanol–water partition coefficient (Wildman–Crippen LogP) is 17.7. The van der Waals surface area contributed by atoms with Crippen molar-refractivity contribution < 1.29 is 23.2 Å². The number of pyridine rings is 4. The van der Waals surface area contributed by atoms with Crippen LogP contribution in [0.25, 0.3) is 83.9 Å². The highest BCUT2D eigenvalue weighted by Gasteiger charge is 2.40. The summed E-state index contributed by atoms with van der Waals surface area (Å²) < 4.78 is 35.0. The molecular formula is C95H102BrCl4F2N21O6. The van der Waals surface area contributed by atoms with Crippen LogP contribution in [0.3, 0.4) is 0 Å². The smallest absolute Gasteiger partial charge is 0.349 e. The molecule has 129 heavy (non-hydrogen) atoms. The summed E-state index contributed by atoms with van der Waals surface area (Å²) in [7, 11) is 3.83. The summed E-state index contributed by atoms with van der Waals surface area (Å²) in [6.45, 7) is 43.6. The average Bonchev–Trinajstić information content (AvgIpc) is 0.737. The Morgan fingerprint density at radius 1 is 0.442 bits per heavy atom. The molecule has 3 fully saturated rings. The van der Waals surface area contributed by atoms with Gasteiger partial charge in [0.1, 0.15) is 35.4 Å². The maximum atomic E-state index is 15.1. The highest BCUT2D eigenvalue weighted by Crippen LogP contribution is 2.43. The van der Waals surface area contributed by atoms with Crippen LogP contribution in [0.2, 0.25) is 20.1 Å². The van der Waals surface area contributed by atoms with E-state index in [1.165, 1.54) is 45.8 Å². The highest BCUT2D eigenvalue weighted by molar-refractivity contribution is 9.10. The second-order valence-electron chi connectivity index (χ2n) is 34.2. The Morgan fingerprint density at radius 3 is 1.14 bits per heavy atom. The number of amides is 3. The number of hydrogen-bond acceptors (Lipinski definition) is 21. The summed E-state index contributed by atoms with van der Waals surface area (Å²) in [5.74, 6) is -0.377. The van der Waals surface area contributed by atoms with Crippen molar-refractivity contribution in [3.05, 3.63) is 249 Å². The first-order chi connectivity index (χ1) is 61.3. The van der Waals surface area contributed by atoms with Crippen molar-refractivity contribution in [2.45, 2.75) is 170 Å². The zero-order chi connectivity index (χ0) is 93.5. The standard InChI is InChI=1S/C32H34BrClFN7O2.C32H36ClFN8O2.C31H32Cl2N6O2/c1-8-24(43)40-14-19(7)41(15-18(40)6)29-21-13-22(34)27(20-11-9-10-12-23(20)35)36-30(21)42(32(44)39-29)28-25(16(2)3)37-31(33)38-26(28)17(4)5;1-8-26(43)40-14-20(5)41(15-19(40)4)30-22-13-23(33)28(21-11-9-10-12-24(21)34)37-31(22)42(32(44)38-30)29-25(16-39(6)7)35-17-36-27(29)18(2)3;1-7-25(40)37-15-20(6)38(16-19(37)5)29-22-14-24(33)27(21-10-8-9-11-23(21)32)35-30(22)39(31(41)36-29)28-18(4)12-13-34-26(28)17(2)3/h8-13,16-19H,1,14-15H2,2-7H3;8-13,17-20H,1,14-16H2,2-7H3;7-14,17,19-20H,1,15-16H2,2-6H3. The molecule has 9 aromatic heterocycles. The van der Waals surface area contributed by atoms with Crippen LogP contribution in [0.4, 0.5) is 26.2 Å². The Morgan fingerprint density at radius 2 is 0.783 bits per heavy atom. The molecule has 3 amide bonds. The Kier molecular flexibility index (Phi) is 28.9. The van der Waals surface area contributed by atoms with E-state index in [9.17, 15) is 28.8 Å². The molecule has 3 saturated heterocycles. The fourth-order valence-corrected chi connectivity index (χ4v) is 18.3. The number of anilines is 3. The van der Waals surface area contributed by atoms with Gasteiger partial charge < -0.3 is 34.3 Å². The average molecular weight is 1890 g/mol. The number of carbonyl (C=O) groups excluding carboxylic acids is 3. The van der Waals surface area contributed by atoms with Crippen LogP contribution < -0.4 is 31.8 Å². The van der Waals surface area contributed by atoms with Crippen molar-refractivity contribution in [3.8, 4) is 50.8 Å². The topological polar surface area (TPSA) is 282 Å². The van der Waals surface area contributed by atoms with Crippen molar-refractivity contribution in [1.82, 2.24) is 88.1 Å². The molecule has 34 heteroatoms. The van der Waals surface area contributed by atoms with E-state index >= 15 is 8.78 Å². The molecule has 12 heterocycles. The summed E-state index contributed by atoms with van der Waals surface area (Å²) in [5.41, 5.74) is 7.00. The van der Waals surface area contributed by atoms with Gasteiger partial charge in [-0.3, -0.25) is 19.4 Å². The molecule has 0 aliphatic carbocycles. The number of carbonyl (C=O) groups is 3. The largest absolute Gasteiger partial charge is 0.355 e. The molecule has 3 aliphatic heterocycles. The molecule has 6 unspecified atom stereocenters. The maximum absolute atomic E-state index is 15.1. The molecule has 3 aromatic carbocycles. The number of piperazine rings is 3. The van der Waals surface area contributed by atoms with E-state index in [0.717, 1.165) is 11.3 Å². The van der Waals surface area contributed by atoms with Crippen LogP contribution in [0, 0.1) is 18.6 Å². The molecule has 0 N–H and O–H groups in total. The lowest BCUT2D eigenvalue weighted by molar-refractivity contribution is -0.129. The fraction of sp³-hybridized carbons (Fsp3) is 0.358. The van der Waals surface area contributed by atoms with Gasteiger partial charge in [-0.05, 0) is 181 Å². The molecule has 6 atom stereocenters. The Hall–Kier alpha value is -11.7. The van der Waals surface area contributed by atoms with Crippen LogP contribution in [0.15, 0.2) is 167 Å². The van der Waals surface area contributed by atoms with Crippen molar-refractivity contribution in [2.24, 2.45) is 0 Å². The van der Waals surface area contributed by atoms with Gasteiger partial charge in [-0.15, -0.1) is 0 Å². The molecule has 15 rings (SSSR count). The molecule has 0 bridgehead atoms.